The molecule has 0 fully saturated rings. The number of nitro benzene ring substituents is 1. The number of non-ortho nitro benzene ring substituents is 1. The average Bonchev–Trinajstić information content (AvgIpc) is 2.80. The highest BCUT2D eigenvalue weighted by molar-refractivity contribution is 5.35. The summed E-state index contributed by atoms with van der Waals surface area (Å²) in [6, 6.07) is 6.37. The fraction of sp³-hybridized carbons (Fsp3) is 0.100. The third-order valence-corrected chi connectivity index (χ3v) is 2.09. The maximum Gasteiger partial charge on any atom is 0.269 e. The van der Waals surface area contributed by atoms with Gasteiger partial charge in [-0.1, -0.05) is 17.3 Å². The van der Waals surface area contributed by atoms with E-state index < -0.39 is 4.92 Å². The second-order valence-electron chi connectivity index (χ2n) is 3.18. The van der Waals surface area contributed by atoms with Gasteiger partial charge in [-0.15, -0.1) is 5.10 Å². The molecule has 16 heavy (non-hydrogen) atoms. The zero-order valence-electron chi connectivity index (χ0n) is 8.35. The third kappa shape index (κ3) is 2.41. The van der Waals surface area contributed by atoms with Crippen LogP contribution < -0.4 is 0 Å². The van der Waals surface area contributed by atoms with E-state index in [0.29, 0.717) is 6.54 Å². The molecule has 0 aliphatic rings. The predicted molar refractivity (Wildman–Crippen MR) is 56.5 cm³/mol. The van der Waals surface area contributed by atoms with E-state index >= 15 is 0 Å². The molecular weight excluding hydrogens is 208 g/mol. The molecule has 0 atom stereocenters. The van der Waals surface area contributed by atoms with Crippen LogP contribution in [0.5, 0.6) is 0 Å². The first-order valence-electron chi connectivity index (χ1n) is 4.67. The Morgan fingerprint density at radius 2 is 2.12 bits per heavy atom. The molecule has 2 rings (SSSR count). The van der Waals surface area contributed by atoms with Crippen molar-refractivity contribution in [3.63, 3.8) is 0 Å². The van der Waals surface area contributed by atoms with Gasteiger partial charge < -0.3 is 0 Å². The van der Waals surface area contributed by atoms with Crippen molar-refractivity contribution in [1.82, 2.24) is 15.0 Å². The molecule has 0 amide bonds. The van der Waals surface area contributed by atoms with Gasteiger partial charge in [-0.25, -0.2) is 0 Å². The zero-order chi connectivity index (χ0) is 11.4. The molecule has 0 bridgehead atoms. The standard InChI is InChI=1S/C10H9N4O2/c15-14(16)10-3-1-9(2-4-10)5-7-13-8-6-11-12-13/h1-6,8H,7H2. The monoisotopic (exact) mass is 217 g/mol. The maximum absolute atomic E-state index is 10.4. The molecule has 0 spiro atoms. The smallest absolute Gasteiger partial charge is 0.258 e. The number of rotatable bonds is 4. The summed E-state index contributed by atoms with van der Waals surface area (Å²) < 4.78 is 1.67. The molecule has 1 heterocycles. The van der Waals surface area contributed by atoms with E-state index in [1.807, 2.05) is 6.42 Å². The van der Waals surface area contributed by atoms with Crippen LogP contribution >= 0.6 is 0 Å². The second kappa shape index (κ2) is 4.52. The Morgan fingerprint density at radius 3 is 2.69 bits per heavy atom. The van der Waals surface area contributed by atoms with Gasteiger partial charge in [0.25, 0.3) is 5.69 Å². The van der Waals surface area contributed by atoms with Gasteiger partial charge in [-0.2, -0.15) is 0 Å². The van der Waals surface area contributed by atoms with Crippen LogP contribution in [0.1, 0.15) is 5.56 Å². The molecule has 0 N–H and O–H groups in total. The number of nitro groups is 1. The summed E-state index contributed by atoms with van der Waals surface area (Å²) in [4.78, 5) is 10.0. The zero-order valence-corrected chi connectivity index (χ0v) is 8.35. The Hall–Kier alpha value is -2.24. The van der Waals surface area contributed by atoms with E-state index in [1.165, 1.54) is 12.1 Å². The molecule has 6 nitrogen and oxygen atoms in total. The van der Waals surface area contributed by atoms with E-state index in [9.17, 15) is 10.1 Å². The first kappa shape index (κ1) is 10.3. The Kier molecular flexibility index (Phi) is 2.90. The van der Waals surface area contributed by atoms with E-state index in [2.05, 4.69) is 10.3 Å². The van der Waals surface area contributed by atoms with Crippen LogP contribution in [0, 0.1) is 16.5 Å². The number of aromatic nitrogens is 3. The lowest BCUT2D eigenvalue weighted by atomic mass is 10.1. The van der Waals surface area contributed by atoms with E-state index in [-0.39, 0.29) is 5.69 Å². The first-order chi connectivity index (χ1) is 7.75. The molecule has 2 aromatic rings. The van der Waals surface area contributed by atoms with E-state index in [4.69, 9.17) is 0 Å². The molecule has 1 aromatic carbocycles. The molecule has 0 aliphatic heterocycles. The van der Waals surface area contributed by atoms with Gasteiger partial charge >= 0.3 is 0 Å². The van der Waals surface area contributed by atoms with Crippen molar-refractivity contribution < 1.29 is 4.92 Å². The Balaban J connectivity index is 1.98. The summed E-state index contributed by atoms with van der Waals surface area (Å²) >= 11 is 0. The van der Waals surface area contributed by atoms with Gasteiger partial charge in [0.05, 0.1) is 17.7 Å². The lowest BCUT2D eigenvalue weighted by Crippen LogP contribution is -2.00. The SMILES string of the molecule is O=[N+]([O-])c1ccc([CH]Cn2ccnn2)cc1. The van der Waals surface area contributed by atoms with Crippen molar-refractivity contribution in [3.8, 4) is 0 Å². The summed E-state index contributed by atoms with van der Waals surface area (Å²) in [5.74, 6) is 0. The average molecular weight is 217 g/mol. The molecule has 1 radical (unpaired) electrons. The highest BCUT2D eigenvalue weighted by Crippen LogP contribution is 2.13. The van der Waals surface area contributed by atoms with Crippen LogP contribution in [-0.4, -0.2) is 19.9 Å². The number of nitrogens with zero attached hydrogens (tertiary/aromatic N) is 4. The van der Waals surface area contributed by atoms with Crippen LogP contribution in [0.2, 0.25) is 0 Å². The van der Waals surface area contributed by atoms with Crippen LogP contribution in [0.25, 0.3) is 0 Å². The van der Waals surface area contributed by atoms with Gasteiger partial charge in [-0.3, -0.25) is 14.8 Å². The topological polar surface area (TPSA) is 73.8 Å². The minimum atomic E-state index is -0.415. The van der Waals surface area contributed by atoms with Crippen molar-refractivity contribution in [2.75, 3.05) is 0 Å². The maximum atomic E-state index is 10.4. The van der Waals surface area contributed by atoms with Crippen molar-refractivity contribution in [2.24, 2.45) is 0 Å². The normalized spacial score (nSPS) is 10.2. The van der Waals surface area contributed by atoms with Crippen molar-refractivity contribution in [1.29, 1.82) is 0 Å². The lowest BCUT2D eigenvalue weighted by Gasteiger charge is -2.00. The lowest BCUT2D eigenvalue weighted by molar-refractivity contribution is -0.384. The Labute approximate surface area is 91.7 Å². The molecule has 6 heteroatoms. The van der Waals surface area contributed by atoms with Gasteiger partial charge in [-0.05, 0) is 5.56 Å². The van der Waals surface area contributed by atoms with Gasteiger partial charge in [0.15, 0.2) is 0 Å². The number of benzene rings is 1. The molecule has 1 aromatic heterocycles. The fourth-order valence-electron chi connectivity index (χ4n) is 1.26. The van der Waals surface area contributed by atoms with Gasteiger partial charge in [0.2, 0.25) is 0 Å². The number of hydrogen-bond donors (Lipinski definition) is 0. The highest BCUT2D eigenvalue weighted by Gasteiger charge is 2.03. The summed E-state index contributed by atoms with van der Waals surface area (Å²) in [6.07, 6.45) is 5.27. The summed E-state index contributed by atoms with van der Waals surface area (Å²) in [7, 11) is 0. The molecule has 0 aliphatic carbocycles. The summed E-state index contributed by atoms with van der Waals surface area (Å²) in [5, 5.41) is 17.9. The Bertz CT molecular complexity index is 464. The minimum Gasteiger partial charge on any atom is -0.258 e. The van der Waals surface area contributed by atoms with Crippen LogP contribution in [0.15, 0.2) is 36.7 Å². The van der Waals surface area contributed by atoms with Gasteiger partial charge in [0, 0.05) is 24.8 Å². The molecule has 81 valence electrons. The highest BCUT2D eigenvalue weighted by atomic mass is 16.6. The molecule has 0 saturated heterocycles. The van der Waals surface area contributed by atoms with Gasteiger partial charge in [0.1, 0.15) is 0 Å². The van der Waals surface area contributed by atoms with E-state index in [0.717, 1.165) is 5.56 Å². The quantitative estimate of drug-likeness (QED) is 0.573. The molecule has 0 saturated carbocycles. The second-order valence-corrected chi connectivity index (χ2v) is 3.18. The summed E-state index contributed by atoms with van der Waals surface area (Å²) in [5.41, 5.74) is 1.01. The Morgan fingerprint density at radius 1 is 1.38 bits per heavy atom. The molecule has 0 unspecified atom stereocenters. The van der Waals surface area contributed by atoms with Crippen LogP contribution in [0.3, 0.4) is 0 Å². The van der Waals surface area contributed by atoms with Crippen molar-refractivity contribution >= 4 is 5.69 Å². The third-order valence-electron chi connectivity index (χ3n) is 2.09. The first-order valence-corrected chi connectivity index (χ1v) is 4.67. The molecular formula is C10H9N4O2. The predicted octanol–water partition coefficient (Wildman–Crippen LogP) is 1.44. The van der Waals surface area contributed by atoms with E-state index in [1.54, 1.807) is 29.2 Å². The largest absolute Gasteiger partial charge is 0.269 e. The van der Waals surface area contributed by atoms with Crippen molar-refractivity contribution in [3.05, 3.63) is 58.8 Å². The number of hydrogen-bond acceptors (Lipinski definition) is 4. The fourth-order valence-corrected chi connectivity index (χ4v) is 1.26. The van der Waals surface area contributed by atoms with Crippen LogP contribution in [-0.2, 0) is 6.54 Å². The minimum absolute atomic E-state index is 0.0953. The summed E-state index contributed by atoms with van der Waals surface area (Å²) in [6.45, 7) is 0.595. The van der Waals surface area contributed by atoms with Crippen LogP contribution in [0.4, 0.5) is 5.69 Å². The van der Waals surface area contributed by atoms with Crippen molar-refractivity contribution in [2.45, 2.75) is 6.54 Å².